The van der Waals surface area contributed by atoms with Gasteiger partial charge in [-0.1, -0.05) is 13.8 Å². The van der Waals surface area contributed by atoms with E-state index in [1.165, 1.54) is 40.7 Å². The van der Waals surface area contributed by atoms with Crippen molar-refractivity contribution in [2.24, 2.45) is 0 Å². The largest absolute Gasteiger partial charge is 0.508 e. The number of phenolic OH excluding ortho intramolecular Hbond substituents is 1. The number of aromatic hydroxyl groups is 1. The summed E-state index contributed by atoms with van der Waals surface area (Å²) in [7, 11) is -3.51. The van der Waals surface area contributed by atoms with Gasteiger partial charge in [-0.05, 0) is 48.5 Å². The second kappa shape index (κ2) is 7.46. The van der Waals surface area contributed by atoms with Crippen LogP contribution in [-0.4, -0.2) is 36.8 Å². The molecule has 2 rings (SSSR count). The minimum absolute atomic E-state index is 0.0810. The minimum atomic E-state index is -3.51. The van der Waals surface area contributed by atoms with Gasteiger partial charge >= 0.3 is 0 Å². The Morgan fingerprint density at radius 3 is 2.04 bits per heavy atom. The number of anilines is 1. The van der Waals surface area contributed by atoms with Crippen LogP contribution in [0, 0.1) is 0 Å². The average Bonchev–Trinajstić information content (AvgIpc) is 2.56. The van der Waals surface area contributed by atoms with E-state index in [1.807, 2.05) is 0 Å². The van der Waals surface area contributed by atoms with Crippen LogP contribution in [0.5, 0.6) is 5.75 Å². The molecule has 0 bridgehead atoms. The highest BCUT2D eigenvalue weighted by Crippen LogP contribution is 2.19. The van der Waals surface area contributed by atoms with Crippen LogP contribution in [0.2, 0.25) is 0 Å². The van der Waals surface area contributed by atoms with Gasteiger partial charge in [0.15, 0.2) is 0 Å². The Morgan fingerprint density at radius 1 is 1.00 bits per heavy atom. The first-order valence-electron chi connectivity index (χ1n) is 7.59. The highest BCUT2D eigenvalue weighted by molar-refractivity contribution is 7.89. The SMILES string of the molecule is CCN(CC)S(=O)(=O)c1ccc(NC(=O)c2ccc(O)cc2)cc1. The van der Waals surface area contributed by atoms with Gasteiger partial charge in [0.05, 0.1) is 4.90 Å². The van der Waals surface area contributed by atoms with Gasteiger partial charge in [-0.25, -0.2) is 8.42 Å². The monoisotopic (exact) mass is 348 g/mol. The molecule has 1 amide bonds. The molecule has 0 atom stereocenters. The number of benzene rings is 2. The lowest BCUT2D eigenvalue weighted by atomic mass is 10.2. The molecule has 2 aromatic carbocycles. The van der Waals surface area contributed by atoms with Crippen LogP contribution in [0.1, 0.15) is 24.2 Å². The number of sulfonamides is 1. The van der Waals surface area contributed by atoms with Crippen molar-refractivity contribution in [1.82, 2.24) is 4.31 Å². The molecule has 0 heterocycles. The fourth-order valence-electron chi connectivity index (χ4n) is 2.24. The molecule has 6 nitrogen and oxygen atoms in total. The maximum atomic E-state index is 12.4. The fourth-order valence-corrected chi connectivity index (χ4v) is 3.70. The quantitative estimate of drug-likeness (QED) is 0.840. The van der Waals surface area contributed by atoms with Crippen LogP contribution in [0.3, 0.4) is 0 Å². The van der Waals surface area contributed by atoms with Gasteiger partial charge in [-0.2, -0.15) is 4.31 Å². The highest BCUT2D eigenvalue weighted by Gasteiger charge is 2.21. The Balaban J connectivity index is 2.15. The van der Waals surface area contributed by atoms with E-state index in [0.717, 1.165) is 0 Å². The lowest BCUT2D eigenvalue weighted by Gasteiger charge is -2.18. The first-order valence-corrected chi connectivity index (χ1v) is 9.03. The number of hydrogen-bond donors (Lipinski definition) is 2. The molecule has 0 radical (unpaired) electrons. The predicted octanol–water partition coefficient (Wildman–Crippen LogP) is 2.68. The molecule has 0 unspecified atom stereocenters. The van der Waals surface area contributed by atoms with E-state index >= 15 is 0 Å². The molecule has 0 aliphatic carbocycles. The lowest BCUT2D eigenvalue weighted by Crippen LogP contribution is -2.30. The van der Waals surface area contributed by atoms with E-state index in [-0.39, 0.29) is 16.6 Å². The van der Waals surface area contributed by atoms with E-state index in [9.17, 15) is 18.3 Å². The maximum Gasteiger partial charge on any atom is 0.255 e. The Bertz CT molecular complexity index is 795. The zero-order valence-electron chi connectivity index (χ0n) is 13.6. The molecule has 0 aromatic heterocycles. The molecule has 0 spiro atoms. The van der Waals surface area contributed by atoms with E-state index in [1.54, 1.807) is 26.0 Å². The number of phenols is 1. The smallest absolute Gasteiger partial charge is 0.255 e. The van der Waals surface area contributed by atoms with Crippen LogP contribution in [0.15, 0.2) is 53.4 Å². The minimum Gasteiger partial charge on any atom is -0.508 e. The molecule has 0 aliphatic heterocycles. The third-order valence-corrected chi connectivity index (χ3v) is 5.65. The Labute approximate surface area is 141 Å². The summed E-state index contributed by atoms with van der Waals surface area (Å²) in [6.07, 6.45) is 0. The Kier molecular flexibility index (Phi) is 5.58. The summed E-state index contributed by atoms with van der Waals surface area (Å²) in [5.41, 5.74) is 0.888. The molecule has 24 heavy (non-hydrogen) atoms. The van der Waals surface area contributed by atoms with Gasteiger partial charge in [-0.3, -0.25) is 4.79 Å². The summed E-state index contributed by atoms with van der Waals surface area (Å²) in [5, 5.41) is 11.9. The van der Waals surface area contributed by atoms with E-state index in [2.05, 4.69) is 5.32 Å². The van der Waals surface area contributed by atoms with E-state index in [4.69, 9.17) is 0 Å². The van der Waals surface area contributed by atoms with E-state index < -0.39 is 10.0 Å². The number of nitrogens with zero attached hydrogens (tertiary/aromatic N) is 1. The van der Waals surface area contributed by atoms with Crippen LogP contribution in [0.25, 0.3) is 0 Å². The molecular weight excluding hydrogens is 328 g/mol. The maximum absolute atomic E-state index is 12.4. The first-order chi connectivity index (χ1) is 11.4. The molecule has 128 valence electrons. The molecule has 0 saturated carbocycles. The molecule has 2 N–H and O–H groups in total. The van der Waals surface area contributed by atoms with Gasteiger partial charge < -0.3 is 10.4 Å². The second-order valence-electron chi connectivity index (χ2n) is 5.11. The normalized spacial score (nSPS) is 11.5. The molecule has 0 fully saturated rings. The third-order valence-electron chi connectivity index (χ3n) is 3.58. The second-order valence-corrected chi connectivity index (χ2v) is 7.05. The lowest BCUT2D eigenvalue weighted by molar-refractivity contribution is 0.102. The first kappa shape index (κ1) is 18.0. The van der Waals surface area contributed by atoms with Crippen molar-refractivity contribution < 1.29 is 18.3 Å². The van der Waals surface area contributed by atoms with Gasteiger partial charge in [0.1, 0.15) is 5.75 Å². The highest BCUT2D eigenvalue weighted by atomic mass is 32.2. The van der Waals surface area contributed by atoms with Gasteiger partial charge in [-0.15, -0.1) is 0 Å². The van der Waals surface area contributed by atoms with Crippen molar-refractivity contribution in [3.8, 4) is 5.75 Å². The average molecular weight is 348 g/mol. The number of carbonyl (C=O) groups is 1. The van der Waals surface area contributed by atoms with Crippen LogP contribution in [-0.2, 0) is 10.0 Å². The third kappa shape index (κ3) is 3.93. The van der Waals surface area contributed by atoms with Crippen molar-refractivity contribution in [2.45, 2.75) is 18.7 Å². The van der Waals surface area contributed by atoms with Crippen LogP contribution in [0.4, 0.5) is 5.69 Å². The number of carbonyl (C=O) groups excluding carboxylic acids is 1. The summed E-state index contributed by atoms with van der Waals surface area (Å²) in [5.74, 6) is -0.258. The van der Waals surface area contributed by atoms with E-state index in [0.29, 0.717) is 24.3 Å². The Hall–Kier alpha value is -2.38. The van der Waals surface area contributed by atoms with Gasteiger partial charge in [0.25, 0.3) is 5.91 Å². The number of amides is 1. The zero-order chi connectivity index (χ0) is 17.7. The standard InChI is InChI=1S/C17H20N2O4S/c1-3-19(4-2)24(22,23)16-11-7-14(8-12-16)18-17(21)13-5-9-15(20)10-6-13/h5-12,20H,3-4H2,1-2H3,(H,18,21). The number of rotatable bonds is 6. The molecular formula is C17H20N2O4S. The van der Waals surface area contributed by atoms with Crippen molar-refractivity contribution in [2.75, 3.05) is 18.4 Å². The van der Waals surface area contributed by atoms with Crippen molar-refractivity contribution in [1.29, 1.82) is 0 Å². The van der Waals surface area contributed by atoms with Crippen LogP contribution >= 0.6 is 0 Å². The summed E-state index contributed by atoms with van der Waals surface area (Å²) < 4.78 is 26.2. The Morgan fingerprint density at radius 2 is 1.54 bits per heavy atom. The fraction of sp³-hybridized carbons (Fsp3) is 0.235. The van der Waals surface area contributed by atoms with Gasteiger partial charge in [0, 0.05) is 24.3 Å². The molecule has 7 heteroatoms. The zero-order valence-corrected chi connectivity index (χ0v) is 14.4. The van der Waals surface area contributed by atoms with Crippen molar-refractivity contribution in [3.05, 3.63) is 54.1 Å². The number of nitrogens with one attached hydrogen (secondary N) is 1. The van der Waals surface area contributed by atoms with Crippen molar-refractivity contribution >= 4 is 21.6 Å². The van der Waals surface area contributed by atoms with Crippen LogP contribution < -0.4 is 5.32 Å². The molecule has 0 aliphatic rings. The summed E-state index contributed by atoms with van der Waals surface area (Å²) in [6.45, 7) is 4.37. The van der Waals surface area contributed by atoms with Gasteiger partial charge in [0.2, 0.25) is 10.0 Å². The molecule has 2 aromatic rings. The summed E-state index contributed by atoms with van der Waals surface area (Å²) in [4.78, 5) is 12.3. The topological polar surface area (TPSA) is 86.7 Å². The molecule has 0 saturated heterocycles. The van der Waals surface area contributed by atoms with Crippen molar-refractivity contribution in [3.63, 3.8) is 0 Å². The number of hydrogen-bond acceptors (Lipinski definition) is 4. The predicted molar refractivity (Wildman–Crippen MR) is 92.6 cm³/mol. The summed E-state index contributed by atoms with van der Waals surface area (Å²) >= 11 is 0. The summed E-state index contributed by atoms with van der Waals surface area (Å²) in [6, 6.07) is 11.9.